The Bertz CT molecular complexity index is 551. The highest BCUT2D eigenvalue weighted by atomic mass is 35.5. The monoisotopic (exact) mass is 292 g/mol. The van der Waals surface area contributed by atoms with Gasteiger partial charge < -0.3 is 4.74 Å². The molecular weight excluding hydrogens is 276 g/mol. The van der Waals surface area contributed by atoms with Crippen LogP contribution < -0.4 is 4.74 Å². The van der Waals surface area contributed by atoms with Crippen LogP contribution in [0.3, 0.4) is 0 Å². The molecule has 2 aromatic rings. The van der Waals surface area contributed by atoms with Gasteiger partial charge >= 0.3 is 0 Å². The van der Waals surface area contributed by atoms with Gasteiger partial charge in [-0.3, -0.25) is 0 Å². The third kappa shape index (κ3) is 3.26. The summed E-state index contributed by atoms with van der Waals surface area (Å²) in [6.07, 6.45) is 2.07. The molecule has 0 heterocycles. The van der Waals surface area contributed by atoms with Crippen LogP contribution in [0, 0.1) is 6.92 Å². The van der Waals surface area contributed by atoms with Crippen molar-refractivity contribution in [1.29, 1.82) is 0 Å². The first-order valence-electron chi connectivity index (χ1n) is 6.08. The number of rotatable bonds is 4. The molecule has 2 aromatic carbocycles. The summed E-state index contributed by atoms with van der Waals surface area (Å²) in [4.78, 5) is 1.25. The molecule has 0 saturated heterocycles. The van der Waals surface area contributed by atoms with Crippen LogP contribution in [-0.2, 0) is 0 Å². The summed E-state index contributed by atoms with van der Waals surface area (Å²) in [6, 6.07) is 14.4. The number of halogens is 1. The Labute approximate surface area is 123 Å². The molecule has 3 heteroatoms. The number of methoxy groups -OCH3 is 1. The van der Waals surface area contributed by atoms with Crippen LogP contribution in [0.1, 0.15) is 22.1 Å². The van der Waals surface area contributed by atoms with E-state index in [0.717, 1.165) is 22.4 Å². The molecule has 1 unspecified atom stereocenters. The normalized spacial score (nSPS) is 12.2. The molecule has 0 amide bonds. The lowest BCUT2D eigenvalue weighted by atomic mass is 10.0. The van der Waals surface area contributed by atoms with Crippen molar-refractivity contribution in [2.24, 2.45) is 0 Å². The molecule has 2 rings (SSSR count). The van der Waals surface area contributed by atoms with E-state index in [1.165, 1.54) is 4.90 Å². The average molecular weight is 293 g/mol. The van der Waals surface area contributed by atoms with Crippen LogP contribution in [0.5, 0.6) is 5.75 Å². The summed E-state index contributed by atoms with van der Waals surface area (Å²) in [5.41, 5.74) is 3.31. The second kappa shape index (κ2) is 6.36. The van der Waals surface area contributed by atoms with Gasteiger partial charge in [-0.15, -0.1) is 23.4 Å². The number of hydrogen-bond donors (Lipinski definition) is 0. The van der Waals surface area contributed by atoms with Crippen LogP contribution in [0.25, 0.3) is 0 Å². The summed E-state index contributed by atoms with van der Waals surface area (Å²) in [7, 11) is 1.68. The molecule has 0 aliphatic rings. The first kappa shape index (κ1) is 14.3. The van der Waals surface area contributed by atoms with Crippen molar-refractivity contribution >= 4 is 23.4 Å². The van der Waals surface area contributed by atoms with Gasteiger partial charge in [0.15, 0.2) is 0 Å². The van der Waals surface area contributed by atoms with Gasteiger partial charge in [0.2, 0.25) is 0 Å². The number of thioether (sulfide) groups is 1. The number of ether oxygens (including phenoxy) is 1. The smallest absolute Gasteiger partial charge is 0.121 e. The molecule has 100 valence electrons. The number of benzene rings is 2. The van der Waals surface area contributed by atoms with E-state index in [9.17, 15) is 0 Å². The molecule has 0 aromatic heterocycles. The fourth-order valence-corrected chi connectivity index (χ4v) is 2.71. The lowest BCUT2D eigenvalue weighted by Gasteiger charge is -2.13. The summed E-state index contributed by atoms with van der Waals surface area (Å²) >= 11 is 8.28. The minimum atomic E-state index is -0.125. The molecular formula is C16H17ClOS. The van der Waals surface area contributed by atoms with Gasteiger partial charge in [-0.1, -0.05) is 24.3 Å². The average Bonchev–Trinajstić information content (AvgIpc) is 2.46. The first-order valence-corrected chi connectivity index (χ1v) is 7.74. The van der Waals surface area contributed by atoms with E-state index in [-0.39, 0.29) is 5.38 Å². The number of hydrogen-bond acceptors (Lipinski definition) is 2. The molecule has 0 spiro atoms. The Balaban J connectivity index is 2.27. The third-order valence-electron chi connectivity index (χ3n) is 3.12. The molecule has 0 aliphatic heterocycles. The lowest BCUT2D eigenvalue weighted by Crippen LogP contribution is -1.95. The number of alkyl halides is 1. The fraction of sp³-hybridized carbons (Fsp3) is 0.250. The zero-order valence-electron chi connectivity index (χ0n) is 11.3. The maximum absolute atomic E-state index is 6.55. The molecule has 0 bridgehead atoms. The van der Waals surface area contributed by atoms with Crippen LogP contribution in [0.15, 0.2) is 47.4 Å². The minimum Gasteiger partial charge on any atom is -0.496 e. The molecule has 1 nitrogen and oxygen atoms in total. The van der Waals surface area contributed by atoms with Gasteiger partial charge in [-0.25, -0.2) is 0 Å². The second-order valence-corrected chi connectivity index (χ2v) is 5.68. The first-order chi connectivity index (χ1) is 9.15. The minimum absolute atomic E-state index is 0.125. The highest BCUT2D eigenvalue weighted by Crippen LogP contribution is 2.32. The van der Waals surface area contributed by atoms with E-state index in [2.05, 4.69) is 36.6 Å². The molecule has 0 aliphatic carbocycles. The highest BCUT2D eigenvalue weighted by Gasteiger charge is 2.12. The van der Waals surface area contributed by atoms with Crippen LogP contribution >= 0.6 is 23.4 Å². The summed E-state index contributed by atoms with van der Waals surface area (Å²) in [6.45, 7) is 2.03. The van der Waals surface area contributed by atoms with E-state index >= 15 is 0 Å². The molecule has 19 heavy (non-hydrogen) atoms. The lowest BCUT2D eigenvalue weighted by molar-refractivity contribution is 0.411. The van der Waals surface area contributed by atoms with E-state index < -0.39 is 0 Å². The van der Waals surface area contributed by atoms with E-state index in [1.807, 2.05) is 19.1 Å². The molecule has 0 N–H and O–H groups in total. The Morgan fingerprint density at radius 2 is 1.68 bits per heavy atom. The second-order valence-electron chi connectivity index (χ2n) is 4.36. The number of aryl methyl sites for hydroxylation is 1. The summed E-state index contributed by atoms with van der Waals surface area (Å²) in [5.74, 6) is 0.894. The van der Waals surface area contributed by atoms with Gasteiger partial charge in [0.1, 0.15) is 5.75 Å². The fourth-order valence-electron chi connectivity index (χ4n) is 2.02. The molecule has 0 fully saturated rings. The Morgan fingerprint density at radius 1 is 1.05 bits per heavy atom. The zero-order chi connectivity index (χ0) is 13.8. The van der Waals surface area contributed by atoms with E-state index in [4.69, 9.17) is 16.3 Å². The third-order valence-corrected chi connectivity index (χ3v) is 4.37. The van der Waals surface area contributed by atoms with E-state index in [0.29, 0.717) is 0 Å². The molecule has 0 radical (unpaired) electrons. The van der Waals surface area contributed by atoms with Crippen molar-refractivity contribution in [1.82, 2.24) is 0 Å². The predicted octanol–water partition coefficient (Wildman–Crippen LogP) is 5.05. The predicted molar refractivity (Wildman–Crippen MR) is 83.7 cm³/mol. The largest absolute Gasteiger partial charge is 0.496 e. The topological polar surface area (TPSA) is 9.23 Å². The summed E-state index contributed by atoms with van der Waals surface area (Å²) in [5, 5.41) is -0.125. The zero-order valence-corrected chi connectivity index (χ0v) is 12.9. The van der Waals surface area contributed by atoms with Crippen molar-refractivity contribution < 1.29 is 4.74 Å². The van der Waals surface area contributed by atoms with Crippen molar-refractivity contribution in [3.05, 3.63) is 59.2 Å². The quantitative estimate of drug-likeness (QED) is 0.576. The van der Waals surface area contributed by atoms with Crippen molar-refractivity contribution in [3.8, 4) is 5.75 Å². The van der Waals surface area contributed by atoms with E-state index in [1.54, 1.807) is 18.9 Å². The maximum Gasteiger partial charge on any atom is 0.121 e. The SMILES string of the molecule is COc1ccc(C(Cl)c2ccc(SC)cc2)cc1C. The van der Waals surface area contributed by atoms with Crippen LogP contribution in [0.4, 0.5) is 0 Å². The van der Waals surface area contributed by atoms with Crippen molar-refractivity contribution in [3.63, 3.8) is 0 Å². The highest BCUT2D eigenvalue weighted by molar-refractivity contribution is 7.98. The van der Waals surface area contributed by atoms with Crippen molar-refractivity contribution in [2.75, 3.05) is 13.4 Å². The van der Waals surface area contributed by atoms with Gasteiger partial charge in [0, 0.05) is 4.90 Å². The maximum atomic E-state index is 6.55. The Hall–Kier alpha value is -1.12. The molecule has 0 saturated carbocycles. The Morgan fingerprint density at radius 3 is 2.21 bits per heavy atom. The van der Waals surface area contributed by atoms with Crippen LogP contribution in [-0.4, -0.2) is 13.4 Å². The molecule has 1 atom stereocenters. The van der Waals surface area contributed by atoms with Gasteiger partial charge in [0.05, 0.1) is 12.5 Å². The van der Waals surface area contributed by atoms with Gasteiger partial charge in [0.25, 0.3) is 0 Å². The summed E-state index contributed by atoms with van der Waals surface area (Å²) < 4.78 is 5.27. The van der Waals surface area contributed by atoms with Gasteiger partial charge in [-0.05, 0) is 48.1 Å². The van der Waals surface area contributed by atoms with Gasteiger partial charge in [-0.2, -0.15) is 0 Å². The standard InChI is InChI=1S/C16H17ClOS/c1-11-10-13(6-9-15(11)18-2)16(17)12-4-7-14(19-3)8-5-12/h4-10,16H,1-3H3. The van der Waals surface area contributed by atoms with Crippen LogP contribution in [0.2, 0.25) is 0 Å². The van der Waals surface area contributed by atoms with Crippen molar-refractivity contribution in [2.45, 2.75) is 17.2 Å². The Kier molecular flexibility index (Phi) is 4.78.